The first-order chi connectivity index (χ1) is 13.6. The molecule has 1 unspecified atom stereocenters. The van der Waals surface area contributed by atoms with Crippen LogP contribution in [0, 0.1) is 5.92 Å². The second kappa shape index (κ2) is 9.98. The molecule has 0 saturated carbocycles. The van der Waals surface area contributed by atoms with E-state index in [0.717, 1.165) is 31.8 Å². The summed E-state index contributed by atoms with van der Waals surface area (Å²) in [6.45, 7) is 8.59. The minimum absolute atomic E-state index is 0.0867. The molecule has 7 heteroatoms. The number of pyridine rings is 1. The molecule has 1 aromatic heterocycles. The lowest BCUT2D eigenvalue weighted by atomic mass is 9.84. The Morgan fingerprint density at radius 1 is 1.29 bits per heavy atom. The number of ether oxygens (including phenoxy) is 2. The van der Waals surface area contributed by atoms with Gasteiger partial charge in [0.1, 0.15) is 0 Å². The highest BCUT2D eigenvalue weighted by molar-refractivity contribution is 5.82. The summed E-state index contributed by atoms with van der Waals surface area (Å²) in [5.41, 5.74) is 0.932. The van der Waals surface area contributed by atoms with E-state index in [1.165, 1.54) is 0 Å². The standard InChI is InChI=1S/C21H31N3O4/c1-3-23-12-14-27-17(15-23)9-13-28-21(26)18-5-6-19(25)24(4-2)20(18)16-7-10-22-11-8-16/h7-8,10-11,17-18,20H,3-6,9,12-15H2,1-2H3/t17?,18-,20+/m1/s1. The SMILES string of the molecule is CCN1CCOC(CCOC(=O)[C@@H]2CCC(=O)N(CC)[C@H]2c2ccncc2)C1. The van der Waals surface area contributed by atoms with Gasteiger partial charge < -0.3 is 14.4 Å². The molecule has 2 aliphatic rings. The van der Waals surface area contributed by atoms with Crippen LogP contribution in [0.4, 0.5) is 0 Å². The van der Waals surface area contributed by atoms with E-state index < -0.39 is 0 Å². The van der Waals surface area contributed by atoms with Crippen molar-refractivity contribution in [3.05, 3.63) is 30.1 Å². The van der Waals surface area contributed by atoms with Gasteiger partial charge in [0.05, 0.1) is 31.3 Å². The van der Waals surface area contributed by atoms with Crippen LogP contribution in [0.3, 0.4) is 0 Å². The maximum Gasteiger partial charge on any atom is 0.311 e. The van der Waals surface area contributed by atoms with Crippen molar-refractivity contribution in [1.29, 1.82) is 0 Å². The van der Waals surface area contributed by atoms with Crippen molar-refractivity contribution >= 4 is 11.9 Å². The largest absolute Gasteiger partial charge is 0.465 e. The fourth-order valence-corrected chi connectivity index (χ4v) is 4.19. The third-order valence-corrected chi connectivity index (χ3v) is 5.75. The number of esters is 1. The van der Waals surface area contributed by atoms with Crippen molar-refractivity contribution in [1.82, 2.24) is 14.8 Å². The number of amides is 1. The summed E-state index contributed by atoms with van der Waals surface area (Å²) in [5, 5.41) is 0. The van der Waals surface area contributed by atoms with Crippen molar-refractivity contribution in [3.8, 4) is 0 Å². The number of morpholine rings is 1. The summed E-state index contributed by atoms with van der Waals surface area (Å²) in [6.07, 6.45) is 5.11. The predicted molar refractivity (Wildman–Crippen MR) is 105 cm³/mol. The number of hydrogen-bond acceptors (Lipinski definition) is 6. The van der Waals surface area contributed by atoms with E-state index in [4.69, 9.17) is 9.47 Å². The highest BCUT2D eigenvalue weighted by Crippen LogP contribution is 2.37. The minimum Gasteiger partial charge on any atom is -0.465 e. The molecule has 0 N–H and O–H groups in total. The third-order valence-electron chi connectivity index (χ3n) is 5.75. The van der Waals surface area contributed by atoms with Gasteiger partial charge in [-0.05, 0) is 37.6 Å². The normalized spacial score (nSPS) is 26.3. The molecule has 28 heavy (non-hydrogen) atoms. The molecule has 1 amide bonds. The Bertz CT molecular complexity index is 654. The van der Waals surface area contributed by atoms with Crippen LogP contribution in [-0.2, 0) is 19.1 Å². The Morgan fingerprint density at radius 2 is 2.07 bits per heavy atom. The van der Waals surface area contributed by atoms with E-state index in [9.17, 15) is 9.59 Å². The zero-order chi connectivity index (χ0) is 19.9. The van der Waals surface area contributed by atoms with E-state index in [0.29, 0.717) is 32.4 Å². The first-order valence-electron chi connectivity index (χ1n) is 10.3. The Morgan fingerprint density at radius 3 is 2.79 bits per heavy atom. The second-order valence-corrected chi connectivity index (χ2v) is 7.39. The highest BCUT2D eigenvalue weighted by Gasteiger charge is 2.40. The van der Waals surface area contributed by atoms with E-state index in [1.54, 1.807) is 17.3 Å². The summed E-state index contributed by atoms with van der Waals surface area (Å²) in [5.74, 6) is -0.487. The van der Waals surface area contributed by atoms with Crippen LogP contribution < -0.4 is 0 Å². The summed E-state index contributed by atoms with van der Waals surface area (Å²) in [4.78, 5) is 33.5. The van der Waals surface area contributed by atoms with Crippen molar-refractivity contribution in [3.63, 3.8) is 0 Å². The zero-order valence-corrected chi connectivity index (χ0v) is 16.9. The average molecular weight is 389 g/mol. The summed E-state index contributed by atoms with van der Waals surface area (Å²) >= 11 is 0. The number of likely N-dealkylation sites (N-methyl/N-ethyl adjacent to an activating group) is 1. The molecule has 2 fully saturated rings. The Kier molecular flexibility index (Phi) is 7.39. The molecule has 2 aliphatic heterocycles. The average Bonchev–Trinajstić information content (AvgIpc) is 2.74. The van der Waals surface area contributed by atoms with Crippen LogP contribution >= 0.6 is 0 Å². The molecular weight excluding hydrogens is 358 g/mol. The van der Waals surface area contributed by atoms with Gasteiger partial charge in [-0.2, -0.15) is 0 Å². The molecule has 3 rings (SSSR count). The van der Waals surface area contributed by atoms with Crippen molar-refractivity contribution in [2.75, 3.05) is 39.4 Å². The molecule has 1 aromatic rings. The molecule has 3 heterocycles. The fourth-order valence-electron chi connectivity index (χ4n) is 4.19. The highest BCUT2D eigenvalue weighted by atomic mass is 16.5. The van der Waals surface area contributed by atoms with Crippen molar-refractivity contribution in [2.24, 2.45) is 5.92 Å². The lowest BCUT2D eigenvalue weighted by Crippen LogP contribution is -2.46. The monoisotopic (exact) mass is 389 g/mol. The van der Waals surface area contributed by atoms with Gasteiger partial charge in [0.25, 0.3) is 0 Å². The van der Waals surface area contributed by atoms with Crippen LogP contribution in [0.5, 0.6) is 0 Å². The van der Waals surface area contributed by atoms with Gasteiger partial charge in [-0.1, -0.05) is 6.92 Å². The van der Waals surface area contributed by atoms with E-state index in [2.05, 4.69) is 16.8 Å². The topological polar surface area (TPSA) is 72.0 Å². The molecule has 0 aromatic carbocycles. The van der Waals surface area contributed by atoms with Crippen molar-refractivity contribution in [2.45, 2.75) is 45.3 Å². The van der Waals surface area contributed by atoms with Gasteiger partial charge in [-0.3, -0.25) is 19.5 Å². The van der Waals surface area contributed by atoms with E-state index in [-0.39, 0.29) is 29.9 Å². The van der Waals surface area contributed by atoms with E-state index >= 15 is 0 Å². The lowest BCUT2D eigenvalue weighted by molar-refractivity contribution is -0.158. The van der Waals surface area contributed by atoms with Gasteiger partial charge in [-0.25, -0.2) is 0 Å². The number of aromatic nitrogens is 1. The second-order valence-electron chi connectivity index (χ2n) is 7.39. The number of rotatable bonds is 7. The molecule has 0 aliphatic carbocycles. The minimum atomic E-state index is -0.348. The summed E-state index contributed by atoms with van der Waals surface area (Å²) in [7, 11) is 0. The van der Waals surface area contributed by atoms with Gasteiger partial charge in [0.2, 0.25) is 5.91 Å². The number of carbonyl (C=O) groups excluding carboxylic acids is 2. The lowest BCUT2D eigenvalue weighted by Gasteiger charge is -2.40. The predicted octanol–water partition coefficient (Wildman–Crippen LogP) is 2.04. The smallest absolute Gasteiger partial charge is 0.311 e. The first-order valence-corrected chi connectivity index (χ1v) is 10.3. The van der Waals surface area contributed by atoms with Crippen LogP contribution in [0.2, 0.25) is 0 Å². The molecule has 154 valence electrons. The Hall–Kier alpha value is -1.99. The van der Waals surface area contributed by atoms with Crippen LogP contribution in [0.1, 0.15) is 44.7 Å². The maximum atomic E-state index is 12.9. The molecule has 2 saturated heterocycles. The summed E-state index contributed by atoms with van der Waals surface area (Å²) in [6, 6.07) is 3.46. The molecule has 3 atom stereocenters. The molecule has 7 nitrogen and oxygen atoms in total. The number of carbonyl (C=O) groups is 2. The van der Waals surface area contributed by atoms with Gasteiger partial charge in [-0.15, -0.1) is 0 Å². The van der Waals surface area contributed by atoms with Gasteiger partial charge in [0, 0.05) is 44.9 Å². The summed E-state index contributed by atoms with van der Waals surface area (Å²) < 4.78 is 11.4. The molecule has 0 spiro atoms. The van der Waals surface area contributed by atoms with E-state index in [1.807, 2.05) is 19.1 Å². The Labute approximate surface area is 167 Å². The third kappa shape index (κ3) is 4.89. The zero-order valence-electron chi connectivity index (χ0n) is 16.9. The molecule has 0 bridgehead atoms. The van der Waals surface area contributed by atoms with Crippen molar-refractivity contribution < 1.29 is 19.1 Å². The number of likely N-dealkylation sites (tertiary alicyclic amines) is 1. The van der Waals surface area contributed by atoms with Crippen LogP contribution in [0.25, 0.3) is 0 Å². The van der Waals surface area contributed by atoms with Crippen LogP contribution in [-0.4, -0.2) is 72.2 Å². The first kappa shape index (κ1) is 20.7. The number of hydrogen-bond donors (Lipinski definition) is 0. The Balaban J connectivity index is 1.61. The molecule has 0 radical (unpaired) electrons. The fraction of sp³-hybridized carbons (Fsp3) is 0.667. The van der Waals surface area contributed by atoms with Crippen LogP contribution in [0.15, 0.2) is 24.5 Å². The maximum absolute atomic E-state index is 12.9. The number of nitrogens with zero attached hydrogens (tertiary/aromatic N) is 3. The van der Waals surface area contributed by atoms with Gasteiger partial charge in [0.15, 0.2) is 0 Å². The molecular formula is C21H31N3O4. The number of piperidine rings is 1. The van der Waals surface area contributed by atoms with Gasteiger partial charge >= 0.3 is 5.97 Å². The quantitative estimate of drug-likeness (QED) is 0.665.